The van der Waals surface area contributed by atoms with Gasteiger partial charge in [0, 0.05) is 24.1 Å². The summed E-state index contributed by atoms with van der Waals surface area (Å²) in [6.07, 6.45) is 0. The Morgan fingerprint density at radius 3 is 2.79 bits per heavy atom. The van der Waals surface area contributed by atoms with Crippen molar-refractivity contribution < 1.29 is 9.53 Å². The molecule has 2 heterocycles. The zero-order valence-electron chi connectivity index (χ0n) is 16.0. The maximum absolute atomic E-state index is 12.7. The number of nitrogens with one attached hydrogen (secondary N) is 2. The number of H-pyrrole nitrogens is 1. The lowest BCUT2D eigenvalue weighted by Crippen LogP contribution is -2.40. The molecule has 6 nitrogen and oxygen atoms in total. The number of methoxy groups -OCH3 is 1. The van der Waals surface area contributed by atoms with Crippen LogP contribution in [0.15, 0.2) is 40.5 Å². The molecule has 0 bridgehead atoms. The number of hydrogen-bond donors (Lipinski definition) is 2. The molecule has 0 fully saturated rings. The number of nitrogens with zero attached hydrogens (tertiary/aromatic N) is 1. The maximum atomic E-state index is 12.7. The number of carbonyl (C=O) groups excluding carboxylic acids is 1. The fraction of sp³-hybridized carbons (Fsp3) is 0.350. The molecule has 0 aliphatic heterocycles. The number of hydrogen-bond acceptors (Lipinski definition) is 6. The summed E-state index contributed by atoms with van der Waals surface area (Å²) in [7, 11) is 1.60. The molecule has 28 heavy (non-hydrogen) atoms. The van der Waals surface area contributed by atoms with Gasteiger partial charge in [0.1, 0.15) is 10.7 Å². The van der Waals surface area contributed by atoms with Crippen molar-refractivity contribution in [3.8, 4) is 11.1 Å². The average molecular weight is 418 g/mol. The number of carbonyl (C=O) groups is 1. The van der Waals surface area contributed by atoms with Crippen LogP contribution in [0, 0.1) is 0 Å². The molecule has 1 amide bonds. The van der Waals surface area contributed by atoms with Crippen LogP contribution in [0.3, 0.4) is 0 Å². The molecule has 8 heteroatoms. The van der Waals surface area contributed by atoms with Crippen LogP contribution in [-0.4, -0.2) is 40.9 Å². The molecule has 148 valence electrons. The second-order valence-electron chi connectivity index (χ2n) is 6.53. The summed E-state index contributed by atoms with van der Waals surface area (Å²) in [5, 5.41) is 5.22. The van der Waals surface area contributed by atoms with Gasteiger partial charge < -0.3 is 15.0 Å². The second-order valence-corrected chi connectivity index (χ2v) is 8.71. The van der Waals surface area contributed by atoms with Gasteiger partial charge in [-0.05, 0) is 19.4 Å². The Morgan fingerprint density at radius 2 is 2.07 bits per heavy atom. The van der Waals surface area contributed by atoms with Gasteiger partial charge >= 0.3 is 0 Å². The summed E-state index contributed by atoms with van der Waals surface area (Å²) in [5.41, 5.74) is 1.75. The van der Waals surface area contributed by atoms with Gasteiger partial charge in [0.15, 0.2) is 0 Å². The lowest BCUT2D eigenvalue weighted by atomic mass is 10.1. The summed E-state index contributed by atoms with van der Waals surface area (Å²) in [4.78, 5) is 33.0. The van der Waals surface area contributed by atoms with Gasteiger partial charge in [-0.15, -0.1) is 23.1 Å². The van der Waals surface area contributed by atoms with Gasteiger partial charge in [-0.25, -0.2) is 4.98 Å². The van der Waals surface area contributed by atoms with Crippen LogP contribution in [0.2, 0.25) is 0 Å². The highest BCUT2D eigenvalue weighted by molar-refractivity contribution is 7.99. The third kappa shape index (κ3) is 4.81. The molecule has 2 N–H and O–H groups in total. The minimum atomic E-state index is -0.261. The van der Waals surface area contributed by atoms with E-state index >= 15 is 0 Å². The highest BCUT2D eigenvalue weighted by Crippen LogP contribution is 2.30. The van der Waals surface area contributed by atoms with E-state index in [0.717, 1.165) is 11.1 Å². The van der Waals surface area contributed by atoms with E-state index in [2.05, 4.69) is 15.3 Å². The topological polar surface area (TPSA) is 84.1 Å². The number of rotatable bonds is 8. The molecular weight excluding hydrogens is 394 g/mol. The first kappa shape index (κ1) is 20.6. The van der Waals surface area contributed by atoms with E-state index in [0.29, 0.717) is 28.4 Å². The van der Waals surface area contributed by atoms with E-state index in [9.17, 15) is 9.59 Å². The molecule has 0 spiro atoms. The van der Waals surface area contributed by atoms with E-state index in [1.807, 2.05) is 49.6 Å². The monoisotopic (exact) mass is 417 g/mol. The highest BCUT2D eigenvalue weighted by Gasteiger charge is 2.17. The normalized spacial score (nSPS) is 13.4. The van der Waals surface area contributed by atoms with Gasteiger partial charge in [-0.2, -0.15) is 0 Å². The molecular formula is C20H23N3O3S2. The highest BCUT2D eigenvalue weighted by atomic mass is 32.2. The number of benzene rings is 1. The quantitative estimate of drug-likeness (QED) is 0.587. The smallest absolute Gasteiger partial charge is 0.260 e. The molecule has 1 aromatic carbocycles. The third-order valence-corrected chi connectivity index (χ3v) is 6.25. The van der Waals surface area contributed by atoms with Gasteiger partial charge in [0.05, 0.1) is 23.0 Å². The first-order chi connectivity index (χ1) is 13.5. The van der Waals surface area contributed by atoms with Crippen LogP contribution in [-0.2, 0) is 15.3 Å². The summed E-state index contributed by atoms with van der Waals surface area (Å²) in [5.74, 6) is 0.978. The van der Waals surface area contributed by atoms with Crippen molar-refractivity contribution in [1.82, 2.24) is 15.3 Å². The molecule has 0 aliphatic rings. The van der Waals surface area contributed by atoms with Crippen molar-refractivity contribution in [2.24, 2.45) is 0 Å². The number of amides is 1. The minimum absolute atomic E-state index is 0.0441. The largest absolute Gasteiger partial charge is 0.383 e. The number of thiophene rings is 1. The molecule has 3 rings (SSSR count). The van der Waals surface area contributed by atoms with E-state index in [1.54, 1.807) is 7.11 Å². The van der Waals surface area contributed by atoms with Crippen LogP contribution in [0.25, 0.3) is 21.3 Å². The van der Waals surface area contributed by atoms with Crippen molar-refractivity contribution in [2.45, 2.75) is 30.9 Å². The van der Waals surface area contributed by atoms with Gasteiger partial charge in [0.2, 0.25) is 5.91 Å². The zero-order valence-corrected chi connectivity index (χ0v) is 17.7. The molecule has 3 aromatic rings. The predicted molar refractivity (Wildman–Crippen MR) is 116 cm³/mol. The van der Waals surface area contributed by atoms with Gasteiger partial charge in [-0.1, -0.05) is 30.3 Å². The van der Waals surface area contributed by atoms with Crippen molar-refractivity contribution in [2.75, 3.05) is 13.7 Å². The number of aromatic amines is 1. The Morgan fingerprint density at radius 1 is 1.32 bits per heavy atom. The van der Waals surface area contributed by atoms with Crippen LogP contribution >= 0.6 is 23.1 Å². The molecule has 0 saturated heterocycles. The zero-order chi connectivity index (χ0) is 20.1. The maximum Gasteiger partial charge on any atom is 0.260 e. The van der Waals surface area contributed by atoms with Crippen LogP contribution < -0.4 is 10.9 Å². The first-order valence-corrected chi connectivity index (χ1v) is 10.9. The van der Waals surface area contributed by atoms with Crippen LogP contribution in [0.1, 0.15) is 19.7 Å². The standard InChI is InChI=1S/C20H23N3O3S2/c1-12(9-26-3)21-18(24)13(2)27-11-16-22-19(25)17-15(10-28-20(17)23-16)14-7-5-4-6-8-14/h4-8,10,12-13H,9,11H2,1-3H3,(H,21,24)(H,22,23,25). The second kappa shape index (κ2) is 9.36. The summed E-state index contributed by atoms with van der Waals surface area (Å²) in [6, 6.07) is 9.77. The number of ether oxygens (including phenoxy) is 1. The average Bonchev–Trinajstić information content (AvgIpc) is 3.11. The van der Waals surface area contributed by atoms with Crippen molar-refractivity contribution in [3.05, 3.63) is 51.9 Å². The Bertz CT molecular complexity index is 1000. The number of aromatic nitrogens is 2. The fourth-order valence-electron chi connectivity index (χ4n) is 2.82. The molecule has 0 saturated carbocycles. The fourth-order valence-corrected chi connectivity index (χ4v) is 4.55. The van der Waals surface area contributed by atoms with Crippen LogP contribution in [0.4, 0.5) is 0 Å². The number of fused-ring (bicyclic) bond motifs is 1. The van der Waals surface area contributed by atoms with Gasteiger partial charge in [0.25, 0.3) is 5.56 Å². The SMILES string of the molecule is COCC(C)NC(=O)C(C)SCc1nc2scc(-c3ccccc3)c2c(=O)[nH]1. The van der Waals surface area contributed by atoms with Crippen LogP contribution in [0.5, 0.6) is 0 Å². The Hall–Kier alpha value is -2.16. The molecule has 0 radical (unpaired) electrons. The Balaban J connectivity index is 1.71. The van der Waals surface area contributed by atoms with Crippen molar-refractivity contribution in [1.29, 1.82) is 0 Å². The molecule has 2 aromatic heterocycles. The lowest BCUT2D eigenvalue weighted by molar-refractivity contribution is -0.121. The predicted octanol–water partition coefficient (Wildman–Crippen LogP) is 3.42. The molecule has 0 aliphatic carbocycles. The molecule has 2 atom stereocenters. The lowest BCUT2D eigenvalue weighted by Gasteiger charge is -2.16. The first-order valence-electron chi connectivity index (χ1n) is 8.96. The van der Waals surface area contributed by atoms with E-state index < -0.39 is 0 Å². The van der Waals surface area contributed by atoms with E-state index in [1.165, 1.54) is 23.1 Å². The van der Waals surface area contributed by atoms with E-state index in [4.69, 9.17) is 4.74 Å². The molecule has 2 unspecified atom stereocenters. The van der Waals surface area contributed by atoms with Gasteiger partial charge in [-0.3, -0.25) is 9.59 Å². The van der Waals surface area contributed by atoms with Crippen molar-refractivity contribution in [3.63, 3.8) is 0 Å². The summed E-state index contributed by atoms with van der Waals surface area (Å²) >= 11 is 2.90. The van der Waals surface area contributed by atoms with E-state index in [-0.39, 0.29) is 22.8 Å². The Kier molecular flexibility index (Phi) is 6.88. The summed E-state index contributed by atoms with van der Waals surface area (Å²) in [6.45, 7) is 4.21. The van der Waals surface area contributed by atoms with Crippen molar-refractivity contribution >= 4 is 39.2 Å². The number of thioether (sulfide) groups is 1. The minimum Gasteiger partial charge on any atom is -0.383 e. The Labute approximate surface area is 171 Å². The third-order valence-electron chi connectivity index (χ3n) is 4.22. The summed E-state index contributed by atoms with van der Waals surface area (Å²) < 4.78 is 5.03.